The van der Waals surface area contributed by atoms with Crippen LogP contribution in [0.3, 0.4) is 0 Å². The molecule has 114 valence electrons. The van der Waals surface area contributed by atoms with Crippen LogP contribution >= 0.6 is 0 Å². The van der Waals surface area contributed by atoms with Crippen molar-refractivity contribution in [2.45, 2.75) is 38.6 Å². The molecule has 20 heavy (non-hydrogen) atoms. The Morgan fingerprint density at radius 1 is 1.15 bits per heavy atom. The second kappa shape index (κ2) is 8.82. The second-order valence-electron chi connectivity index (χ2n) is 4.95. The smallest absolute Gasteiger partial charge is 0.119 e. The van der Waals surface area contributed by atoms with Crippen molar-refractivity contribution in [1.29, 1.82) is 0 Å². The highest BCUT2D eigenvalue weighted by atomic mass is 16.5. The summed E-state index contributed by atoms with van der Waals surface area (Å²) in [4.78, 5) is 0. The Morgan fingerprint density at radius 3 is 2.30 bits per heavy atom. The molecule has 1 aromatic rings. The van der Waals surface area contributed by atoms with E-state index in [2.05, 4.69) is 19.2 Å². The first-order valence-electron chi connectivity index (χ1n) is 7.32. The van der Waals surface area contributed by atoms with Crippen LogP contribution in [0.25, 0.3) is 0 Å². The van der Waals surface area contributed by atoms with E-state index in [1.54, 1.807) is 7.11 Å². The van der Waals surface area contributed by atoms with E-state index in [9.17, 15) is 5.11 Å². The van der Waals surface area contributed by atoms with E-state index < -0.39 is 0 Å². The van der Waals surface area contributed by atoms with Crippen LogP contribution in [0.5, 0.6) is 11.5 Å². The molecule has 1 aromatic carbocycles. The highest BCUT2D eigenvalue weighted by Gasteiger charge is 2.25. The van der Waals surface area contributed by atoms with E-state index >= 15 is 0 Å². The molecule has 0 bridgehead atoms. The maximum absolute atomic E-state index is 9.56. The molecule has 0 amide bonds. The van der Waals surface area contributed by atoms with Gasteiger partial charge in [-0.1, -0.05) is 13.8 Å². The van der Waals surface area contributed by atoms with Crippen molar-refractivity contribution in [3.8, 4) is 11.5 Å². The summed E-state index contributed by atoms with van der Waals surface area (Å²) in [7, 11) is 1.65. The summed E-state index contributed by atoms with van der Waals surface area (Å²) in [5.41, 5.74) is -0.169. The molecule has 0 aromatic heterocycles. The van der Waals surface area contributed by atoms with Gasteiger partial charge in [-0.2, -0.15) is 0 Å². The molecule has 0 aliphatic rings. The Hall–Kier alpha value is -1.26. The summed E-state index contributed by atoms with van der Waals surface area (Å²) >= 11 is 0. The van der Waals surface area contributed by atoms with E-state index in [0.29, 0.717) is 6.61 Å². The molecule has 0 saturated heterocycles. The highest BCUT2D eigenvalue weighted by Crippen LogP contribution is 2.19. The number of nitrogens with one attached hydrogen (secondary N) is 1. The minimum atomic E-state index is -0.169. The molecular weight excluding hydrogens is 254 g/mol. The highest BCUT2D eigenvalue weighted by molar-refractivity contribution is 5.31. The zero-order valence-corrected chi connectivity index (χ0v) is 12.8. The number of aliphatic hydroxyl groups is 1. The Kier molecular flexibility index (Phi) is 7.41. The van der Waals surface area contributed by atoms with Gasteiger partial charge in [0.2, 0.25) is 0 Å². The monoisotopic (exact) mass is 281 g/mol. The summed E-state index contributed by atoms with van der Waals surface area (Å²) in [6.45, 7) is 5.85. The Bertz CT molecular complexity index is 360. The number of hydrogen-bond donors (Lipinski definition) is 2. The minimum Gasteiger partial charge on any atom is -0.497 e. The lowest BCUT2D eigenvalue weighted by atomic mass is 9.91. The number of likely N-dealkylation sites (N-methyl/N-ethyl adjacent to an activating group) is 1. The first kappa shape index (κ1) is 16.8. The van der Waals surface area contributed by atoms with Gasteiger partial charge < -0.3 is 19.9 Å². The van der Waals surface area contributed by atoms with Crippen LogP contribution in [0, 0.1) is 0 Å². The van der Waals surface area contributed by atoms with E-state index in [-0.39, 0.29) is 12.1 Å². The van der Waals surface area contributed by atoms with Gasteiger partial charge in [-0.25, -0.2) is 0 Å². The minimum absolute atomic E-state index is 0.167. The molecule has 0 aliphatic carbocycles. The number of hydrogen-bond acceptors (Lipinski definition) is 4. The van der Waals surface area contributed by atoms with Gasteiger partial charge in [0.15, 0.2) is 0 Å². The normalized spacial score (nSPS) is 13.8. The topological polar surface area (TPSA) is 50.7 Å². The third kappa shape index (κ3) is 5.02. The predicted octanol–water partition coefficient (Wildman–Crippen LogP) is 2.60. The summed E-state index contributed by atoms with van der Waals surface area (Å²) in [6.07, 6.45) is 2.73. The van der Waals surface area contributed by atoms with Crippen molar-refractivity contribution in [1.82, 2.24) is 5.32 Å². The summed E-state index contributed by atoms with van der Waals surface area (Å²) < 4.78 is 10.8. The Labute approximate surface area is 122 Å². The van der Waals surface area contributed by atoms with Gasteiger partial charge >= 0.3 is 0 Å². The number of aliphatic hydroxyl groups excluding tert-OH is 1. The van der Waals surface area contributed by atoms with Gasteiger partial charge in [0.05, 0.1) is 20.3 Å². The van der Waals surface area contributed by atoms with E-state index in [4.69, 9.17) is 9.47 Å². The fraction of sp³-hybridized carbons (Fsp3) is 0.625. The van der Waals surface area contributed by atoms with Crippen LogP contribution in [0.1, 0.15) is 33.1 Å². The molecule has 0 radical (unpaired) electrons. The molecule has 1 atom stereocenters. The molecule has 0 heterocycles. The van der Waals surface area contributed by atoms with Crippen LogP contribution in [-0.4, -0.2) is 37.5 Å². The van der Waals surface area contributed by atoms with Crippen molar-refractivity contribution in [2.75, 3.05) is 26.9 Å². The Morgan fingerprint density at radius 2 is 1.80 bits per heavy atom. The maximum atomic E-state index is 9.56. The van der Waals surface area contributed by atoms with Gasteiger partial charge in [0.1, 0.15) is 11.5 Å². The number of methoxy groups -OCH3 is 1. The van der Waals surface area contributed by atoms with E-state index in [1.807, 2.05) is 24.3 Å². The third-order valence-electron chi connectivity index (χ3n) is 3.66. The summed E-state index contributed by atoms with van der Waals surface area (Å²) in [5, 5.41) is 13.0. The molecule has 4 heteroatoms. The Balaban J connectivity index is 2.35. The number of ether oxygens (including phenoxy) is 2. The summed E-state index contributed by atoms with van der Waals surface area (Å²) in [5.74, 6) is 1.68. The van der Waals surface area contributed by atoms with Crippen molar-refractivity contribution in [2.24, 2.45) is 0 Å². The second-order valence-corrected chi connectivity index (χ2v) is 4.95. The quantitative estimate of drug-likeness (QED) is 0.647. The van der Waals surface area contributed by atoms with Crippen LogP contribution in [-0.2, 0) is 0 Å². The largest absolute Gasteiger partial charge is 0.497 e. The van der Waals surface area contributed by atoms with Gasteiger partial charge in [-0.3, -0.25) is 0 Å². The van der Waals surface area contributed by atoms with Crippen molar-refractivity contribution < 1.29 is 14.6 Å². The van der Waals surface area contributed by atoms with Crippen molar-refractivity contribution in [3.63, 3.8) is 0 Å². The lowest BCUT2D eigenvalue weighted by Crippen LogP contribution is -2.48. The fourth-order valence-corrected chi connectivity index (χ4v) is 2.28. The molecule has 0 aliphatic heterocycles. The van der Waals surface area contributed by atoms with Gasteiger partial charge in [0, 0.05) is 5.54 Å². The first-order chi connectivity index (χ1) is 9.69. The van der Waals surface area contributed by atoms with Gasteiger partial charge in [-0.05, 0) is 50.1 Å². The first-order valence-corrected chi connectivity index (χ1v) is 7.32. The summed E-state index contributed by atoms with van der Waals surface area (Å²) in [6, 6.07) is 7.58. The molecule has 0 fully saturated rings. The average Bonchev–Trinajstić information content (AvgIpc) is 2.51. The van der Waals surface area contributed by atoms with E-state index in [1.165, 1.54) is 0 Å². The van der Waals surface area contributed by atoms with Crippen LogP contribution < -0.4 is 14.8 Å². The molecule has 2 N–H and O–H groups in total. The lowest BCUT2D eigenvalue weighted by molar-refractivity contribution is 0.139. The molecule has 1 unspecified atom stereocenters. The fourth-order valence-electron chi connectivity index (χ4n) is 2.28. The van der Waals surface area contributed by atoms with Crippen molar-refractivity contribution >= 4 is 0 Å². The van der Waals surface area contributed by atoms with Gasteiger partial charge in [0.25, 0.3) is 0 Å². The molecule has 0 saturated carbocycles. The SMILES string of the molecule is CCNC(CC)(CO)CCCOc1ccc(OC)cc1. The standard InChI is InChI=1S/C16H27NO3/c1-4-16(13-18,17-5-2)11-6-12-20-15-9-7-14(19-3)8-10-15/h7-10,17-18H,4-6,11-13H2,1-3H3. The van der Waals surface area contributed by atoms with E-state index in [0.717, 1.165) is 37.3 Å². The molecule has 4 nitrogen and oxygen atoms in total. The maximum Gasteiger partial charge on any atom is 0.119 e. The van der Waals surface area contributed by atoms with Crippen LogP contribution in [0.2, 0.25) is 0 Å². The number of rotatable bonds is 10. The zero-order chi connectivity index (χ0) is 14.8. The van der Waals surface area contributed by atoms with Crippen LogP contribution in [0.4, 0.5) is 0 Å². The molecule has 1 rings (SSSR count). The lowest BCUT2D eigenvalue weighted by Gasteiger charge is -2.31. The van der Waals surface area contributed by atoms with Gasteiger partial charge in [-0.15, -0.1) is 0 Å². The third-order valence-corrected chi connectivity index (χ3v) is 3.66. The van der Waals surface area contributed by atoms with Crippen molar-refractivity contribution in [3.05, 3.63) is 24.3 Å². The predicted molar refractivity (Wildman–Crippen MR) is 81.5 cm³/mol. The number of benzene rings is 1. The molecular formula is C16H27NO3. The van der Waals surface area contributed by atoms with Crippen LogP contribution in [0.15, 0.2) is 24.3 Å². The molecule has 0 spiro atoms. The zero-order valence-electron chi connectivity index (χ0n) is 12.8. The average molecular weight is 281 g/mol.